The minimum absolute atomic E-state index is 0.110. The normalized spacial score (nSPS) is 16.1. The highest BCUT2D eigenvalue weighted by atomic mass is 16.5. The molecule has 0 aromatic heterocycles. The summed E-state index contributed by atoms with van der Waals surface area (Å²) in [5.41, 5.74) is 4.62. The lowest BCUT2D eigenvalue weighted by atomic mass is 10.0. The summed E-state index contributed by atoms with van der Waals surface area (Å²) in [5, 5.41) is 2.78. The topological polar surface area (TPSA) is 64.3 Å². The van der Waals surface area contributed by atoms with E-state index in [1.807, 2.05) is 20.8 Å². The van der Waals surface area contributed by atoms with Gasteiger partial charge in [-0.1, -0.05) is 6.92 Å². The molecule has 0 spiro atoms. The second-order valence-corrected chi connectivity index (χ2v) is 4.46. The summed E-state index contributed by atoms with van der Waals surface area (Å²) in [5.74, 6) is -0.110. The van der Waals surface area contributed by atoms with Gasteiger partial charge in [0.15, 0.2) is 0 Å². The average Bonchev–Trinajstić information content (AvgIpc) is 2.11. The van der Waals surface area contributed by atoms with Crippen molar-refractivity contribution in [2.75, 3.05) is 13.7 Å². The van der Waals surface area contributed by atoms with Crippen LogP contribution in [0.1, 0.15) is 34.1 Å². The van der Waals surface area contributed by atoms with Gasteiger partial charge in [0.25, 0.3) is 5.91 Å². The molecule has 0 aliphatic carbocycles. The molecule has 1 atom stereocenters. The zero-order valence-electron chi connectivity index (χ0n) is 9.81. The maximum atomic E-state index is 11.7. The van der Waals surface area contributed by atoms with E-state index in [2.05, 4.69) is 5.32 Å². The molecule has 0 saturated carbocycles. The monoisotopic (exact) mass is 202 g/mol. The van der Waals surface area contributed by atoms with Gasteiger partial charge in [0.2, 0.25) is 0 Å². The second-order valence-electron chi connectivity index (χ2n) is 4.46. The summed E-state index contributed by atoms with van der Waals surface area (Å²) in [6, 6.07) is 0. The second kappa shape index (κ2) is 4.75. The Morgan fingerprint density at radius 2 is 1.93 bits per heavy atom. The molecule has 0 bridgehead atoms. The van der Waals surface area contributed by atoms with E-state index in [1.165, 1.54) is 7.11 Å². The summed E-state index contributed by atoms with van der Waals surface area (Å²) in [6.45, 7) is 7.86. The van der Waals surface area contributed by atoms with Gasteiger partial charge in [-0.3, -0.25) is 4.79 Å². The fourth-order valence-corrected chi connectivity index (χ4v) is 0.893. The molecule has 0 heterocycles. The number of ether oxygens (including phenoxy) is 1. The average molecular weight is 202 g/mol. The number of nitrogens with two attached hydrogens (primary N) is 1. The zero-order valence-corrected chi connectivity index (χ0v) is 9.81. The van der Waals surface area contributed by atoms with E-state index < -0.39 is 11.1 Å². The van der Waals surface area contributed by atoms with Crippen molar-refractivity contribution in [2.45, 2.75) is 45.3 Å². The fourth-order valence-electron chi connectivity index (χ4n) is 0.893. The van der Waals surface area contributed by atoms with Crippen molar-refractivity contribution >= 4 is 5.91 Å². The van der Waals surface area contributed by atoms with E-state index in [0.717, 1.165) is 0 Å². The van der Waals surface area contributed by atoms with E-state index >= 15 is 0 Å². The van der Waals surface area contributed by atoms with E-state index in [0.29, 0.717) is 13.0 Å². The first-order valence-electron chi connectivity index (χ1n) is 4.87. The van der Waals surface area contributed by atoms with Gasteiger partial charge in [0, 0.05) is 19.2 Å². The van der Waals surface area contributed by atoms with Crippen LogP contribution in [0.25, 0.3) is 0 Å². The van der Waals surface area contributed by atoms with Crippen molar-refractivity contribution in [3.8, 4) is 0 Å². The van der Waals surface area contributed by atoms with Crippen LogP contribution >= 0.6 is 0 Å². The number of carbonyl (C=O) groups is 1. The first-order valence-corrected chi connectivity index (χ1v) is 4.87. The summed E-state index contributed by atoms with van der Waals surface area (Å²) in [6.07, 6.45) is 0.639. The van der Waals surface area contributed by atoms with Crippen LogP contribution < -0.4 is 11.1 Å². The van der Waals surface area contributed by atoms with E-state index in [9.17, 15) is 4.79 Å². The number of hydrogen-bond donors (Lipinski definition) is 2. The van der Waals surface area contributed by atoms with Gasteiger partial charge >= 0.3 is 0 Å². The third kappa shape index (κ3) is 4.07. The molecule has 14 heavy (non-hydrogen) atoms. The Labute approximate surface area is 86.2 Å². The summed E-state index contributed by atoms with van der Waals surface area (Å²) in [4.78, 5) is 11.7. The Kier molecular flexibility index (Phi) is 4.55. The van der Waals surface area contributed by atoms with E-state index in [4.69, 9.17) is 10.5 Å². The minimum atomic E-state index is -0.745. The van der Waals surface area contributed by atoms with Crippen LogP contribution in [-0.4, -0.2) is 30.7 Å². The number of hydrogen-bond acceptors (Lipinski definition) is 3. The molecule has 1 amide bonds. The van der Waals surface area contributed by atoms with Gasteiger partial charge in [0.1, 0.15) is 5.60 Å². The standard InChI is InChI=1S/C10H22N2O2/c1-6-10(4,14-5)8(13)12-7-9(2,3)11/h6-7,11H2,1-5H3,(H,12,13). The maximum Gasteiger partial charge on any atom is 0.251 e. The minimum Gasteiger partial charge on any atom is -0.369 e. The molecule has 4 nitrogen and oxygen atoms in total. The van der Waals surface area contributed by atoms with Gasteiger partial charge in [-0.05, 0) is 27.2 Å². The quantitative estimate of drug-likeness (QED) is 0.688. The van der Waals surface area contributed by atoms with Gasteiger partial charge in [0.05, 0.1) is 0 Å². The molecule has 3 N–H and O–H groups in total. The van der Waals surface area contributed by atoms with Crippen molar-refractivity contribution in [1.29, 1.82) is 0 Å². The molecule has 0 aliphatic rings. The van der Waals surface area contributed by atoms with Crippen molar-refractivity contribution in [1.82, 2.24) is 5.32 Å². The Hall–Kier alpha value is -0.610. The SMILES string of the molecule is CCC(C)(OC)C(=O)NCC(C)(C)N. The Morgan fingerprint density at radius 3 is 2.21 bits per heavy atom. The molecule has 0 rings (SSSR count). The number of methoxy groups -OCH3 is 1. The van der Waals surface area contributed by atoms with Crippen LogP contribution in [0.2, 0.25) is 0 Å². The number of nitrogens with one attached hydrogen (secondary N) is 1. The maximum absolute atomic E-state index is 11.7. The number of carbonyl (C=O) groups excluding carboxylic acids is 1. The van der Waals surface area contributed by atoms with Gasteiger partial charge < -0.3 is 15.8 Å². The molecule has 0 saturated heterocycles. The molecule has 4 heteroatoms. The zero-order chi connectivity index (χ0) is 11.4. The van der Waals surface area contributed by atoms with Crippen molar-refractivity contribution in [3.63, 3.8) is 0 Å². The van der Waals surface area contributed by atoms with Gasteiger partial charge in [-0.15, -0.1) is 0 Å². The van der Waals surface area contributed by atoms with Crippen molar-refractivity contribution < 1.29 is 9.53 Å². The van der Waals surface area contributed by atoms with Crippen molar-refractivity contribution in [2.24, 2.45) is 5.73 Å². The molecular weight excluding hydrogens is 180 g/mol. The molecule has 0 aliphatic heterocycles. The first-order chi connectivity index (χ1) is 6.25. The summed E-state index contributed by atoms with van der Waals surface area (Å²) < 4.78 is 5.16. The highest BCUT2D eigenvalue weighted by Gasteiger charge is 2.31. The van der Waals surface area contributed by atoms with Crippen LogP contribution in [0.15, 0.2) is 0 Å². The smallest absolute Gasteiger partial charge is 0.251 e. The van der Waals surface area contributed by atoms with Crippen LogP contribution in [-0.2, 0) is 9.53 Å². The largest absolute Gasteiger partial charge is 0.369 e. The Balaban J connectivity index is 4.20. The van der Waals surface area contributed by atoms with Crippen LogP contribution in [0.3, 0.4) is 0 Å². The predicted molar refractivity (Wildman–Crippen MR) is 57.0 cm³/mol. The third-order valence-corrected chi connectivity index (χ3v) is 2.31. The molecule has 0 fully saturated rings. The first kappa shape index (κ1) is 13.4. The highest BCUT2D eigenvalue weighted by Crippen LogP contribution is 2.13. The predicted octanol–water partition coefficient (Wildman–Crippen LogP) is 0.655. The third-order valence-electron chi connectivity index (χ3n) is 2.31. The van der Waals surface area contributed by atoms with E-state index in [-0.39, 0.29) is 5.91 Å². The van der Waals surface area contributed by atoms with Crippen LogP contribution in [0, 0.1) is 0 Å². The Morgan fingerprint density at radius 1 is 1.43 bits per heavy atom. The lowest BCUT2D eigenvalue weighted by Gasteiger charge is -2.27. The molecule has 84 valence electrons. The molecule has 1 unspecified atom stereocenters. The van der Waals surface area contributed by atoms with Crippen molar-refractivity contribution in [3.05, 3.63) is 0 Å². The highest BCUT2D eigenvalue weighted by molar-refractivity contribution is 5.84. The lowest BCUT2D eigenvalue weighted by molar-refractivity contribution is -0.142. The summed E-state index contributed by atoms with van der Waals surface area (Å²) >= 11 is 0. The number of amides is 1. The molecular formula is C10H22N2O2. The molecule has 0 aromatic carbocycles. The molecule has 0 aromatic rings. The Bertz CT molecular complexity index is 193. The van der Waals surface area contributed by atoms with Crippen LogP contribution in [0.4, 0.5) is 0 Å². The summed E-state index contributed by atoms with van der Waals surface area (Å²) in [7, 11) is 1.54. The molecule has 0 radical (unpaired) electrons. The fraction of sp³-hybridized carbons (Fsp3) is 0.900. The van der Waals surface area contributed by atoms with Gasteiger partial charge in [-0.25, -0.2) is 0 Å². The lowest BCUT2D eigenvalue weighted by Crippen LogP contribution is -2.52. The number of rotatable bonds is 5. The van der Waals surface area contributed by atoms with E-state index in [1.54, 1.807) is 6.92 Å². The van der Waals surface area contributed by atoms with Gasteiger partial charge in [-0.2, -0.15) is 0 Å². The van der Waals surface area contributed by atoms with Crippen LogP contribution in [0.5, 0.6) is 0 Å².